The maximum Gasteiger partial charge on any atom is 0.342 e. The van der Waals surface area contributed by atoms with Crippen LogP contribution in [-0.4, -0.2) is 27.6 Å². The summed E-state index contributed by atoms with van der Waals surface area (Å²) >= 11 is 0. The SMILES string of the molecule is CCC(=O)OOCCCCCOS(=O)(=O)c1ccc(C)cc1. The van der Waals surface area contributed by atoms with Crippen LogP contribution in [0.3, 0.4) is 0 Å². The largest absolute Gasteiger partial charge is 0.342 e. The number of rotatable bonds is 10. The molecule has 1 aromatic carbocycles. The molecule has 0 heterocycles. The van der Waals surface area contributed by atoms with E-state index in [-0.39, 0.29) is 24.5 Å². The van der Waals surface area contributed by atoms with Crippen molar-refractivity contribution in [1.29, 1.82) is 0 Å². The highest BCUT2D eigenvalue weighted by Crippen LogP contribution is 2.13. The molecule has 1 aromatic rings. The zero-order chi connectivity index (χ0) is 16.4. The predicted octanol–water partition coefficient (Wildman–Crippen LogP) is 2.76. The third kappa shape index (κ3) is 7.02. The standard InChI is InChI=1S/C15H22O6S/c1-3-15(16)21-19-11-5-4-6-12-20-22(17,18)14-9-7-13(2)8-10-14/h7-10H,3-6,11-12H2,1-2H3. The number of hydrogen-bond acceptors (Lipinski definition) is 6. The summed E-state index contributed by atoms with van der Waals surface area (Å²) in [5.74, 6) is -0.410. The molecule has 0 saturated carbocycles. The molecule has 0 amide bonds. The van der Waals surface area contributed by atoms with Gasteiger partial charge in [-0.15, -0.1) is 0 Å². The molecule has 0 aliphatic carbocycles. The van der Waals surface area contributed by atoms with Gasteiger partial charge in [-0.05, 0) is 38.3 Å². The van der Waals surface area contributed by atoms with Crippen molar-refractivity contribution in [3.05, 3.63) is 29.8 Å². The molecule has 22 heavy (non-hydrogen) atoms. The Labute approximate surface area is 131 Å². The van der Waals surface area contributed by atoms with Gasteiger partial charge in [0.05, 0.1) is 18.1 Å². The Morgan fingerprint density at radius 2 is 1.68 bits per heavy atom. The van der Waals surface area contributed by atoms with E-state index in [4.69, 9.17) is 9.07 Å². The molecule has 6 nitrogen and oxygen atoms in total. The first-order valence-corrected chi connectivity index (χ1v) is 8.65. The van der Waals surface area contributed by atoms with Gasteiger partial charge in [0.15, 0.2) is 0 Å². The number of aryl methyl sites for hydroxylation is 1. The Bertz CT molecular complexity index is 550. The van der Waals surface area contributed by atoms with Crippen LogP contribution in [0, 0.1) is 6.92 Å². The fraction of sp³-hybridized carbons (Fsp3) is 0.533. The molecule has 0 spiro atoms. The maximum atomic E-state index is 11.9. The molecular formula is C15H22O6S. The van der Waals surface area contributed by atoms with Gasteiger partial charge in [-0.2, -0.15) is 13.3 Å². The van der Waals surface area contributed by atoms with Crippen LogP contribution in [0.25, 0.3) is 0 Å². The summed E-state index contributed by atoms with van der Waals surface area (Å²) in [6, 6.07) is 6.51. The number of benzene rings is 1. The topological polar surface area (TPSA) is 78.9 Å². The first-order valence-electron chi connectivity index (χ1n) is 7.24. The first-order chi connectivity index (χ1) is 10.5. The van der Waals surface area contributed by atoms with Gasteiger partial charge >= 0.3 is 5.97 Å². The third-order valence-corrected chi connectivity index (χ3v) is 4.19. The van der Waals surface area contributed by atoms with E-state index < -0.39 is 16.1 Å². The highest BCUT2D eigenvalue weighted by atomic mass is 32.2. The Morgan fingerprint density at radius 1 is 1.05 bits per heavy atom. The molecule has 0 N–H and O–H groups in total. The van der Waals surface area contributed by atoms with Crippen molar-refractivity contribution in [2.75, 3.05) is 13.2 Å². The van der Waals surface area contributed by atoms with Crippen LogP contribution in [0.4, 0.5) is 0 Å². The molecular weight excluding hydrogens is 308 g/mol. The lowest BCUT2D eigenvalue weighted by molar-refractivity contribution is -0.272. The van der Waals surface area contributed by atoms with Crippen molar-refractivity contribution >= 4 is 16.1 Å². The molecule has 0 saturated heterocycles. The number of carbonyl (C=O) groups is 1. The van der Waals surface area contributed by atoms with Crippen molar-refractivity contribution < 1.29 is 27.2 Å². The maximum absolute atomic E-state index is 11.9. The van der Waals surface area contributed by atoms with E-state index in [1.54, 1.807) is 19.1 Å². The lowest BCUT2D eigenvalue weighted by atomic mass is 10.2. The van der Waals surface area contributed by atoms with E-state index in [1.807, 2.05) is 6.92 Å². The van der Waals surface area contributed by atoms with Gasteiger partial charge in [-0.1, -0.05) is 24.6 Å². The third-order valence-electron chi connectivity index (χ3n) is 2.86. The molecule has 0 radical (unpaired) electrons. The van der Waals surface area contributed by atoms with E-state index in [1.165, 1.54) is 12.1 Å². The Kier molecular flexibility index (Phi) is 8.08. The van der Waals surface area contributed by atoms with Crippen molar-refractivity contribution in [3.8, 4) is 0 Å². The molecule has 0 aliphatic heterocycles. The minimum Gasteiger partial charge on any atom is -0.298 e. The van der Waals surface area contributed by atoms with E-state index in [0.29, 0.717) is 19.3 Å². The van der Waals surface area contributed by atoms with Gasteiger partial charge in [0.2, 0.25) is 0 Å². The van der Waals surface area contributed by atoms with Crippen LogP contribution in [0.15, 0.2) is 29.2 Å². The number of unbranched alkanes of at least 4 members (excludes halogenated alkanes) is 2. The zero-order valence-electron chi connectivity index (χ0n) is 12.9. The van der Waals surface area contributed by atoms with Crippen LogP contribution in [0.5, 0.6) is 0 Å². The highest BCUT2D eigenvalue weighted by molar-refractivity contribution is 7.86. The molecule has 0 aliphatic rings. The minimum atomic E-state index is -3.69. The second kappa shape index (κ2) is 9.55. The summed E-state index contributed by atoms with van der Waals surface area (Å²) in [4.78, 5) is 20.1. The van der Waals surface area contributed by atoms with Gasteiger partial charge in [0.1, 0.15) is 0 Å². The molecule has 0 unspecified atom stereocenters. The predicted molar refractivity (Wildman–Crippen MR) is 80.5 cm³/mol. The average Bonchev–Trinajstić information content (AvgIpc) is 2.50. The fourth-order valence-electron chi connectivity index (χ4n) is 1.55. The van der Waals surface area contributed by atoms with E-state index >= 15 is 0 Å². The second-order valence-corrected chi connectivity index (χ2v) is 6.40. The fourth-order valence-corrected chi connectivity index (χ4v) is 2.49. The van der Waals surface area contributed by atoms with Crippen LogP contribution in [-0.2, 0) is 28.9 Å². The summed E-state index contributed by atoms with van der Waals surface area (Å²) in [5, 5.41) is 0. The van der Waals surface area contributed by atoms with Crippen molar-refractivity contribution in [1.82, 2.24) is 0 Å². The van der Waals surface area contributed by atoms with Crippen LogP contribution in [0.1, 0.15) is 38.2 Å². The van der Waals surface area contributed by atoms with Gasteiger partial charge in [0.25, 0.3) is 10.1 Å². The Morgan fingerprint density at radius 3 is 2.32 bits per heavy atom. The molecule has 124 valence electrons. The highest BCUT2D eigenvalue weighted by Gasteiger charge is 2.14. The Balaban J connectivity index is 2.16. The molecule has 0 fully saturated rings. The lowest BCUT2D eigenvalue weighted by Crippen LogP contribution is -2.08. The van der Waals surface area contributed by atoms with E-state index in [9.17, 15) is 13.2 Å². The summed E-state index contributed by atoms with van der Waals surface area (Å²) in [5.41, 5.74) is 0.989. The van der Waals surface area contributed by atoms with Crippen molar-refractivity contribution in [3.63, 3.8) is 0 Å². The normalized spacial score (nSPS) is 11.4. The summed E-state index contributed by atoms with van der Waals surface area (Å²) in [6.07, 6.45) is 2.22. The smallest absolute Gasteiger partial charge is 0.298 e. The molecule has 1 rings (SSSR count). The number of hydrogen-bond donors (Lipinski definition) is 0. The Hall–Kier alpha value is -1.44. The van der Waals surface area contributed by atoms with Crippen molar-refractivity contribution in [2.45, 2.75) is 44.4 Å². The average molecular weight is 330 g/mol. The lowest BCUT2D eigenvalue weighted by Gasteiger charge is -2.06. The second-order valence-electron chi connectivity index (χ2n) is 4.78. The van der Waals surface area contributed by atoms with E-state index in [2.05, 4.69) is 4.89 Å². The van der Waals surface area contributed by atoms with Gasteiger partial charge in [0, 0.05) is 6.42 Å². The molecule has 7 heteroatoms. The van der Waals surface area contributed by atoms with Gasteiger partial charge < -0.3 is 0 Å². The van der Waals surface area contributed by atoms with E-state index in [0.717, 1.165) is 5.56 Å². The summed E-state index contributed by atoms with van der Waals surface area (Å²) in [6.45, 7) is 3.97. The summed E-state index contributed by atoms with van der Waals surface area (Å²) < 4.78 is 28.7. The quantitative estimate of drug-likeness (QED) is 0.284. The van der Waals surface area contributed by atoms with Crippen LogP contribution in [0.2, 0.25) is 0 Å². The summed E-state index contributed by atoms with van der Waals surface area (Å²) in [7, 11) is -3.69. The number of carbonyl (C=O) groups excluding carboxylic acids is 1. The minimum absolute atomic E-state index is 0.116. The molecule has 0 bridgehead atoms. The van der Waals surface area contributed by atoms with Crippen molar-refractivity contribution in [2.24, 2.45) is 0 Å². The first kappa shape index (κ1) is 18.6. The van der Waals surface area contributed by atoms with Crippen LogP contribution >= 0.6 is 0 Å². The van der Waals surface area contributed by atoms with Crippen LogP contribution < -0.4 is 0 Å². The monoisotopic (exact) mass is 330 g/mol. The molecule has 0 aromatic heterocycles. The van der Waals surface area contributed by atoms with Gasteiger partial charge in [-0.25, -0.2) is 4.79 Å². The zero-order valence-corrected chi connectivity index (χ0v) is 13.7. The molecule has 0 atom stereocenters. The van der Waals surface area contributed by atoms with Gasteiger partial charge in [-0.3, -0.25) is 9.07 Å².